The molecule has 0 aromatic heterocycles. The summed E-state index contributed by atoms with van der Waals surface area (Å²) < 4.78 is 26.3. The van der Waals surface area contributed by atoms with Gasteiger partial charge in [0.05, 0.1) is 5.56 Å². The van der Waals surface area contributed by atoms with Crippen molar-refractivity contribution >= 4 is 11.9 Å². The van der Waals surface area contributed by atoms with Crippen LogP contribution < -0.4 is 5.32 Å². The molecule has 104 valence electrons. The largest absolute Gasteiger partial charge is 0.480 e. The van der Waals surface area contributed by atoms with Crippen LogP contribution in [-0.4, -0.2) is 23.0 Å². The molecule has 0 saturated carbocycles. The van der Waals surface area contributed by atoms with E-state index in [2.05, 4.69) is 5.32 Å². The predicted octanol–water partition coefficient (Wildman–Crippen LogP) is 2.34. The van der Waals surface area contributed by atoms with E-state index in [9.17, 15) is 18.4 Å². The topological polar surface area (TPSA) is 66.4 Å². The number of amides is 1. The first-order valence-electron chi connectivity index (χ1n) is 5.95. The number of carboxylic acid groups (broad SMARTS) is 1. The summed E-state index contributed by atoms with van der Waals surface area (Å²) >= 11 is 0. The van der Waals surface area contributed by atoms with E-state index in [-0.39, 0.29) is 6.42 Å². The summed E-state index contributed by atoms with van der Waals surface area (Å²) in [5, 5.41) is 11.1. The second-order valence-electron chi connectivity index (χ2n) is 4.11. The van der Waals surface area contributed by atoms with Crippen LogP contribution in [-0.2, 0) is 4.79 Å². The van der Waals surface area contributed by atoms with E-state index >= 15 is 0 Å². The highest BCUT2D eigenvalue weighted by molar-refractivity contribution is 5.96. The molecule has 0 bridgehead atoms. The molecule has 0 aliphatic heterocycles. The van der Waals surface area contributed by atoms with Crippen LogP contribution in [0.3, 0.4) is 0 Å². The Morgan fingerprint density at radius 1 is 1.37 bits per heavy atom. The number of carbonyl (C=O) groups excluding carboxylic acids is 1. The van der Waals surface area contributed by atoms with Gasteiger partial charge in [-0.25, -0.2) is 13.6 Å². The molecule has 0 saturated heterocycles. The molecule has 0 heterocycles. The second kappa shape index (κ2) is 6.82. The molecule has 6 heteroatoms. The lowest BCUT2D eigenvalue weighted by molar-refractivity contribution is -0.139. The maximum absolute atomic E-state index is 13.4. The van der Waals surface area contributed by atoms with Gasteiger partial charge in [-0.3, -0.25) is 4.79 Å². The highest BCUT2D eigenvalue weighted by atomic mass is 19.2. The first-order chi connectivity index (χ1) is 8.97. The third-order valence-corrected chi connectivity index (χ3v) is 2.65. The standard InChI is InChI=1S/C13H15F2NO3/c1-2-3-7-10(13(18)19)16-12(17)8-5-4-6-9(14)11(8)15/h4-6,10H,2-3,7H2,1H3,(H,16,17)(H,18,19). The fourth-order valence-electron chi connectivity index (χ4n) is 1.58. The van der Waals surface area contributed by atoms with Gasteiger partial charge in [-0.2, -0.15) is 0 Å². The van der Waals surface area contributed by atoms with Crippen molar-refractivity contribution in [1.82, 2.24) is 5.32 Å². The predicted molar refractivity (Wildman–Crippen MR) is 64.8 cm³/mol. The number of hydrogen-bond acceptors (Lipinski definition) is 2. The van der Waals surface area contributed by atoms with E-state index in [1.54, 1.807) is 0 Å². The fourth-order valence-corrected chi connectivity index (χ4v) is 1.58. The van der Waals surface area contributed by atoms with Crippen molar-refractivity contribution in [2.75, 3.05) is 0 Å². The molecule has 1 atom stereocenters. The summed E-state index contributed by atoms with van der Waals surface area (Å²) in [6, 6.07) is 2.08. The molecular formula is C13H15F2NO3. The number of carboxylic acids is 1. The number of aliphatic carboxylic acids is 1. The molecule has 4 nitrogen and oxygen atoms in total. The number of rotatable bonds is 6. The Kier molecular flexibility index (Phi) is 5.41. The van der Waals surface area contributed by atoms with Crippen molar-refractivity contribution in [1.29, 1.82) is 0 Å². The molecule has 0 spiro atoms. The number of carbonyl (C=O) groups is 2. The SMILES string of the molecule is CCCCC(NC(=O)c1cccc(F)c1F)C(=O)O. The molecule has 0 fully saturated rings. The Hall–Kier alpha value is -1.98. The van der Waals surface area contributed by atoms with Crippen LogP contribution in [0.4, 0.5) is 8.78 Å². The van der Waals surface area contributed by atoms with Crippen molar-refractivity contribution in [3.05, 3.63) is 35.4 Å². The monoisotopic (exact) mass is 271 g/mol. The van der Waals surface area contributed by atoms with Crippen molar-refractivity contribution in [2.24, 2.45) is 0 Å². The molecule has 1 aromatic rings. The highest BCUT2D eigenvalue weighted by Gasteiger charge is 2.22. The van der Waals surface area contributed by atoms with Crippen LogP contribution in [0.5, 0.6) is 0 Å². The number of halogens is 2. The lowest BCUT2D eigenvalue weighted by atomic mass is 10.1. The number of hydrogen-bond donors (Lipinski definition) is 2. The first kappa shape index (κ1) is 15.1. The molecule has 19 heavy (non-hydrogen) atoms. The fraction of sp³-hybridized carbons (Fsp3) is 0.385. The van der Waals surface area contributed by atoms with Gasteiger partial charge < -0.3 is 10.4 Å². The smallest absolute Gasteiger partial charge is 0.326 e. The first-order valence-corrected chi connectivity index (χ1v) is 5.95. The van der Waals surface area contributed by atoms with Gasteiger partial charge in [0.25, 0.3) is 5.91 Å². The molecule has 1 unspecified atom stereocenters. The average molecular weight is 271 g/mol. The van der Waals surface area contributed by atoms with Gasteiger partial charge in [0.15, 0.2) is 11.6 Å². The summed E-state index contributed by atoms with van der Waals surface area (Å²) in [6.07, 6.45) is 1.63. The van der Waals surface area contributed by atoms with Crippen LogP contribution in [0.1, 0.15) is 36.5 Å². The molecular weight excluding hydrogens is 256 g/mol. The molecule has 1 rings (SSSR count). The summed E-state index contributed by atoms with van der Waals surface area (Å²) in [6.45, 7) is 1.88. The van der Waals surface area contributed by atoms with Crippen LogP contribution in [0.15, 0.2) is 18.2 Å². The molecule has 1 aromatic carbocycles. The quantitative estimate of drug-likeness (QED) is 0.834. The van der Waals surface area contributed by atoms with E-state index in [1.807, 2.05) is 6.92 Å². The molecule has 0 aliphatic rings. The number of benzene rings is 1. The molecule has 1 amide bonds. The Balaban J connectivity index is 2.82. The zero-order chi connectivity index (χ0) is 14.4. The Morgan fingerprint density at radius 3 is 2.63 bits per heavy atom. The highest BCUT2D eigenvalue weighted by Crippen LogP contribution is 2.12. The summed E-state index contributed by atoms with van der Waals surface area (Å²) in [5.74, 6) is -4.55. The minimum Gasteiger partial charge on any atom is -0.480 e. The number of nitrogens with one attached hydrogen (secondary N) is 1. The van der Waals surface area contributed by atoms with Gasteiger partial charge in [-0.05, 0) is 18.6 Å². The Bertz CT molecular complexity index is 477. The van der Waals surface area contributed by atoms with Crippen LogP contribution in [0, 0.1) is 11.6 Å². The second-order valence-corrected chi connectivity index (χ2v) is 4.11. The molecule has 0 radical (unpaired) electrons. The van der Waals surface area contributed by atoms with Crippen LogP contribution in [0.25, 0.3) is 0 Å². The lowest BCUT2D eigenvalue weighted by Gasteiger charge is -2.14. The minimum absolute atomic E-state index is 0.245. The zero-order valence-electron chi connectivity index (χ0n) is 10.5. The van der Waals surface area contributed by atoms with Gasteiger partial charge in [-0.15, -0.1) is 0 Å². The van der Waals surface area contributed by atoms with E-state index in [0.29, 0.717) is 6.42 Å². The van der Waals surface area contributed by atoms with E-state index in [1.165, 1.54) is 6.07 Å². The maximum atomic E-state index is 13.4. The average Bonchev–Trinajstić information content (AvgIpc) is 2.37. The minimum atomic E-state index is -1.28. The van der Waals surface area contributed by atoms with Crippen molar-refractivity contribution in [3.63, 3.8) is 0 Å². The van der Waals surface area contributed by atoms with Crippen molar-refractivity contribution < 1.29 is 23.5 Å². The van der Waals surface area contributed by atoms with E-state index < -0.39 is 35.1 Å². The Labute approximate surface area is 109 Å². The van der Waals surface area contributed by atoms with Crippen molar-refractivity contribution in [2.45, 2.75) is 32.2 Å². The normalized spacial score (nSPS) is 11.9. The molecule has 2 N–H and O–H groups in total. The van der Waals surface area contributed by atoms with Crippen LogP contribution >= 0.6 is 0 Å². The van der Waals surface area contributed by atoms with Crippen LogP contribution in [0.2, 0.25) is 0 Å². The maximum Gasteiger partial charge on any atom is 0.326 e. The van der Waals surface area contributed by atoms with Gasteiger partial charge >= 0.3 is 5.97 Å². The van der Waals surface area contributed by atoms with E-state index in [0.717, 1.165) is 18.6 Å². The Morgan fingerprint density at radius 2 is 2.05 bits per heavy atom. The van der Waals surface area contributed by atoms with Crippen molar-refractivity contribution in [3.8, 4) is 0 Å². The van der Waals surface area contributed by atoms with E-state index in [4.69, 9.17) is 5.11 Å². The summed E-state index contributed by atoms with van der Waals surface area (Å²) in [5.41, 5.74) is -0.497. The summed E-state index contributed by atoms with van der Waals surface area (Å²) in [4.78, 5) is 22.7. The summed E-state index contributed by atoms with van der Waals surface area (Å²) in [7, 11) is 0. The van der Waals surface area contributed by atoms with Gasteiger partial charge in [-0.1, -0.05) is 25.8 Å². The van der Waals surface area contributed by atoms with Gasteiger partial charge in [0.2, 0.25) is 0 Å². The third kappa shape index (κ3) is 4.01. The van der Waals surface area contributed by atoms with Gasteiger partial charge in [0, 0.05) is 0 Å². The lowest BCUT2D eigenvalue weighted by Crippen LogP contribution is -2.41. The zero-order valence-corrected chi connectivity index (χ0v) is 10.5. The van der Waals surface area contributed by atoms with Gasteiger partial charge in [0.1, 0.15) is 6.04 Å². The molecule has 0 aliphatic carbocycles. The third-order valence-electron chi connectivity index (χ3n) is 2.65. The number of unbranched alkanes of at least 4 members (excludes halogenated alkanes) is 1.